The molecule has 1 N–H and O–H groups in total. The highest BCUT2D eigenvalue weighted by Gasteiger charge is 2.00. The molecule has 4 heteroatoms. The highest BCUT2D eigenvalue weighted by atomic mass is 79.9. The molecule has 0 saturated carbocycles. The highest BCUT2D eigenvalue weighted by molar-refractivity contribution is 9.10. The van der Waals surface area contributed by atoms with Crippen LogP contribution in [0.5, 0.6) is 0 Å². The summed E-state index contributed by atoms with van der Waals surface area (Å²) >= 11 is 8.95. The average Bonchev–Trinajstić information content (AvgIpc) is 2.09. The number of hydrogen-bond donors (Lipinski definition) is 1. The molecule has 0 fully saturated rings. The van der Waals surface area contributed by atoms with Crippen LogP contribution in [0.25, 0.3) is 0 Å². The minimum Gasteiger partial charge on any atom is -0.368 e. The van der Waals surface area contributed by atoms with E-state index in [1.165, 1.54) is 0 Å². The number of nitrogens with zero attached hydrogens (tertiary/aromatic N) is 1. The van der Waals surface area contributed by atoms with Crippen molar-refractivity contribution in [3.8, 4) is 0 Å². The van der Waals surface area contributed by atoms with E-state index >= 15 is 0 Å². The number of anilines is 1. The number of rotatable bonds is 4. The summed E-state index contributed by atoms with van der Waals surface area (Å²) in [7, 11) is 0. The van der Waals surface area contributed by atoms with Crippen molar-refractivity contribution in [1.82, 2.24) is 4.98 Å². The van der Waals surface area contributed by atoms with E-state index in [-0.39, 0.29) is 0 Å². The number of hydrogen-bond acceptors (Lipinski definition) is 2. The summed E-state index contributed by atoms with van der Waals surface area (Å²) in [5.41, 5.74) is 0. The van der Waals surface area contributed by atoms with Gasteiger partial charge >= 0.3 is 0 Å². The molecule has 1 rings (SSSR count). The summed E-state index contributed by atoms with van der Waals surface area (Å²) in [5.74, 6) is 1.56. The van der Waals surface area contributed by atoms with Gasteiger partial charge in [0.2, 0.25) is 0 Å². The second-order valence-corrected chi connectivity index (χ2v) is 4.18. The van der Waals surface area contributed by atoms with Crippen molar-refractivity contribution in [3.05, 3.63) is 22.8 Å². The lowest BCUT2D eigenvalue weighted by molar-refractivity contribution is 0.764. The van der Waals surface area contributed by atoms with Crippen LogP contribution < -0.4 is 5.32 Å². The molecular weight excluding hydrogens is 251 g/mol. The zero-order valence-corrected chi connectivity index (χ0v) is 9.77. The van der Waals surface area contributed by atoms with Crippen LogP contribution in [0.15, 0.2) is 22.8 Å². The average molecular weight is 264 g/mol. The van der Waals surface area contributed by atoms with Crippen molar-refractivity contribution in [2.24, 2.45) is 0 Å². The molecule has 0 amide bonds. The molecule has 72 valence electrons. The Kier molecular flexibility index (Phi) is 4.53. The molecule has 0 saturated heterocycles. The molecule has 2 nitrogen and oxygen atoms in total. The Bertz CT molecular complexity index is 250. The van der Waals surface area contributed by atoms with Gasteiger partial charge in [-0.2, -0.15) is 0 Å². The third-order valence-electron chi connectivity index (χ3n) is 1.66. The number of aromatic nitrogens is 1. The Morgan fingerprint density at radius 2 is 2.38 bits per heavy atom. The first kappa shape index (κ1) is 10.8. The van der Waals surface area contributed by atoms with E-state index in [1.807, 2.05) is 12.1 Å². The summed E-state index contributed by atoms with van der Waals surface area (Å²) in [4.78, 5) is 4.20. The van der Waals surface area contributed by atoms with Crippen LogP contribution in [0.3, 0.4) is 0 Å². The molecule has 1 heterocycles. The van der Waals surface area contributed by atoms with E-state index in [9.17, 15) is 0 Å². The molecule has 13 heavy (non-hydrogen) atoms. The van der Waals surface area contributed by atoms with Crippen molar-refractivity contribution in [1.29, 1.82) is 0 Å². The van der Waals surface area contributed by atoms with Crippen LogP contribution in [0.2, 0.25) is 0 Å². The number of pyridine rings is 1. The first-order chi connectivity index (χ1) is 6.22. The minimum atomic E-state index is 0.367. The largest absolute Gasteiger partial charge is 0.368 e. The maximum atomic E-state index is 5.62. The van der Waals surface area contributed by atoms with Crippen molar-refractivity contribution in [2.75, 3.05) is 11.2 Å². The van der Waals surface area contributed by atoms with Gasteiger partial charge in [0, 0.05) is 22.6 Å². The first-order valence-electron chi connectivity index (χ1n) is 4.16. The van der Waals surface area contributed by atoms with Crippen molar-refractivity contribution >= 4 is 33.3 Å². The fraction of sp³-hybridized carbons (Fsp3) is 0.444. The third-order valence-corrected chi connectivity index (χ3v) is 2.35. The van der Waals surface area contributed by atoms with Crippen LogP contribution in [0.1, 0.15) is 13.3 Å². The van der Waals surface area contributed by atoms with Gasteiger partial charge in [-0.05, 0) is 41.4 Å². The topological polar surface area (TPSA) is 24.9 Å². The molecule has 0 aliphatic heterocycles. The molecule has 0 aromatic carbocycles. The fourth-order valence-electron chi connectivity index (χ4n) is 0.949. The Morgan fingerprint density at radius 1 is 1.62 bits per heavy atom. The summed E-state index contributed by atoms with van der Waals surface area (Å²) in [6.45, 7) is 2.09. The van der Waals surface area contributed by atoms with Gasteiger partial charge in [-0.25, -0.2) is 4.98 Å². The Labute approximate surface area is 91.8 Å². The van der Waals surface area contributed by atoms with Gasteiger partial charge in [-0.1, -0.05) is 0 Å². The van der Waals surface area contributed by atoms with Gasteiger partial charge in [0.25, 0.3) is 0 Å². The van der Waals surface area contributed by atoms with Crippen LogP contribution in [-0.4, -0.2) is 16.9 Å². The highest BCUT2D eigenvalue weighted by Crippen LogP contribution is 2.11. The standard InChI is InChI=1S/C9H12BrClN2/c1-7(4-5-11)13-9-3-2-8(10)6-12-9/h2-3,6-7H,4-5H2,1H3,(H,12,13). The quantitative estimate of drug-likeness (QED) is 0.843. The van der Waals surface area contributed by atoms with E-state index in [2.05, 4.69) is 33.2 Å². The van der Waals surface area contributed by atoms with Gasteiger partial charge in [-0.15, -0.1) is 11.6 Å². The third kappa shape index (κ3) is 3.96. The van der Waals surface area contributed by atoms with Gasteiger partial charge in [0.05, 0.1) is 0 Å². The van der Waals surface area contributed by atoms with Crippen molar-refractivity contribution < 1.29 is 0 Å². The smallest absolute Gasteiger partial charge is 0.126 e. The van der Waals surface area contributed by atoms with Crippen molar-refractivity contribution in [2.45, 2.75) is 19.4 Å². The molecule has 0 radical (unpaired) electrons. The normalized spacial score (nSPS) is 12.5. The SMILES string of the molecule is CC(CCCl)Nc1ccc(Br)cn1. The lowest BCUT2D eigenvalue weighted by Gasteiger charge is -2.12. The maximum absolute atomic E-state index is 5.62. The molecule has 1 aromatic rings. The lowest BCUT2D eigenvalue weighted by atomic mass is 10.2. The molecule has 0 aliphatic rings. The van der Waals surface area contributed by atoms with Crippen molar-refractivity contribution in [3.63, 3.8) is 0 Å². The van der Waals surface area contributed by atoms with E-state index in [0.29, 0.717) is 11.9 Å². The van der Waals surface area contributed by atoms with E-state index in [4.69, 9.17) is 11.6 Å². The van der Waals surface area contributed by atoms with Crippen LogP contribution in [-0.2, 0) is 0 Å². The Morgan fingerprint density at radius 3 is 2.92 bits per heavy atom. The first-order valence-corrected chi connectivity index (χ1v) is 5.49. The molecule has 1 atom stereocenters. The van der Waals surface area contributed by atoms with Gasteiger partial charge < -0.3 is 5.32 Å². The van der Waals surface area contributed by atoms with Crippen LogP contribution in [0.4, 0.5) is 5.82 Å². The lowest BCUT2D eigenvalue weighted by Crippen LogP contribution is -2.16. The summed E-state index contributed by atoms with van der Waals surface area (Å²) in [6, 6.07) is 4.27. The molecule has 1 aromatic heterocycles. The van der Waals surface area contributed by atoms with Crippen LogP contribution >= 0.6 is 27.5 Å². The zero-order valence-electron chi connectivity index (χ0n) is 7.43. The second-order valence-electron chi connectivity index (χ2n) is 2.88. The monoisotopic (exact) mass is 262 g/mol. The van der Waals surface area contributed by atoms with E-state index in [1.54, 1.807) is 6.20 Å². The number of halogens is 2. The Balaban J connectivity index is 2.49. The predicted molar refractivity (Wildman–Crippen MR) is 60.4 cm³/mol. The van der Waals surface area contributed by atoms with E-state index < -0.39 is 0 Å². The summed E-state index contributed by atoms with van der Waals surface area (Å²) in [6.07, 6.45) is 2.72. The maximum Gasteiger partial charge on any atom is 0.126 e. The molecular formula is C9H12BrClN2. The summed E-state index contributed by atoms with van der Waals surface area (Å²) in [5, 5.41) is 3.25. The molecule has 0 spiro atoms. The van der Waals surface area contributed by atoms with Gasteiger partial charge in [0.15, 0.2) is 0 Å². The zero-order chi connectivity index (χ0) is 9.68. The number of alkyl halides is 1. The number of nitrogens with one attached hydrogen (secondary N) is 1. The molecule has 0 aliphatic carbocycles. The summed E-state index contributed by atoms with van der Waals surface area (Å²) < 4.78 is 0.989. The van der Waals surface area contributed by atoms with Gasteiger partial charge in [0.1, 0.15) is 5.82 Å². The predicted octanol–water partition coefficient (Wildman–Crippen LogP) is 3.27. The second kappa shape index (κ2) is 5.45. The van der Waals surface area contributed by atoms with Crippen LogP contribution in [0, 0.1) is 0 Å². The van der Waals surface area contributed by atoms with E-state index in [0.717, 1.165) is 16.7 Å². The molecule has 0 bridgehead atoms. The van der Waals surface area contributed by atoms with Gasteiger partial charge in [-0.3, -0.25) is 0 Å². The fourth-order valence-corrected chi connectivity index (χ4v) is 1.51. The minimum absolute atomic E-state index is 0.367. The Hall–Kier alpha value is -0.280. The molecule has 1 unspecified atom stereocenters.